The average molecular weight is 551 g/mol. The smallest absolute Gasteiger partial charge is 0.321 e. The van der Waals surface area contributed by atoms with Crippen molar-refractivity contribution in [2.45, 2.75) is 45.1 Å². The van der Waals surface area contributed by atoms with Gasteiger partial charge in [-0.05, 0) is 43.9 Å². The van der Waals surface area contributed by atoms with E-state index in [9.17, 15) is 13.6 Å². The number of aromatic nitrogens is 1. The number of carbonyl (C=O) groups excluding carboxylic acids is 1. The summed E-state index contributed by atoms with van der Waals surface area (Å²) in [6.07, 6.45) is 6.32. The first-order valence-electron chi connectivity index (χ1n) is 12.7. The van der Waals surface area contributed by atoms with Crippen LogP contribution < -0.4 is 10.1 Å². The van der Waals surface area contributed by atoms with Gasteiger partial charge in [0.1, 0.15) is 29.7 Å². The van der Waals surface area contributed by atoms with Crippen LogP contribution >= 0.6 is 11.3 Å². The van der Waals surface area contributed by atoms with Crippen LogP contribution in [0.2, 0.25) is 0 Å². The van der Waals surface area contributed by atoms with Crippen LogP contribution in [0.15, 0.2) is 40.9 Å². The minimum absolute atomic E-state index is 0.000719. The van der Waals surface area contributed by atoms with Crippen molar-refractivity contribution >= 4 is 28.8 Å². The number of carbonyl (C=O) groups is 1. The largest absolute Gasteiger partial charge is 0.480 e. The Morgan fingerprint density at radius 2 is 2.05 bits per heavy atom. The Morgan fingerprint density at radius 3 is 2.82 bits per heavy atom. The number of halogens is 2. The van der Waals surface area contributed by atoms with Crippen LogP contribution in [0.4, 0.5) is 19.3 Å². The number of ether oxygens (including phenoxy) is 1. The number of nitrogens with one attached hydrogen (secondary N) is 1. The molecule has 1 aromatic heterocycles. The number of urea groups is 1. The molecule has 0 spiro atoms. The van der Waals surface area contributed by atoms with Crippen molar-refractivity contribution in [2.24, 2.45) is 5.16 Å². The Kier molecular flexibility index (Phi) is 7.79. The number of amides is 2. The van der Waals surface area contributed by atoms with E-state index in [1.54, 1.807) is 0 Å². The minimum Gasteiger partial charge on any atom is -0.480 e. The fourth-order valence-electron chi connectivity index (χ4n) is 4.80. The molecule has 1 saturated heterocycles. The van der Waals surface area contributed by atoms with E-state index in [1.807, 2.05) is 42.3 Å². The number of oxime groups is 1. The number of rotatable bonds is 6. The molecule has 1 N–H and O–H groups in total. The molecule has 0 bridgehead atoms. The highest BCUT2D eigenvalue weighted by Gasteiger charge is 2.32. The number of hydrogen-bond acceptors (Lipinski definition) is 6. The third kappa shape index (κ3) is 5.88. The Bertz CT molecular complexity index is 1460. The van der Waals surface area contributed by atoms with Crippen LogP contribution in [0.1, 0.15) is 58.7 Å². The van der Waals surface area contributed by atoms with Crippen LogP contribution in [-0.4, -0.2) is 41.3 Å². The first-order valence-corrected chi connectivity index (χ1v) is 13.6. The molecule has 3 aromatic rings. The third-order valence-corrected chi connectivity index (χ3v) is 7.95. The molecular formula is C29H28F2N4O3S. The van der Waals surface area contributed by atoms with Gasteiger partial charge in [-0.25, -0.2) is 18.6 Å². The van der Waals surface area contributed by atoms with E-state index in [4.69, 9.17) is 21.0 Å². The lowest BCUT2D eigenvalue weighted by Crippen LogP contribution is -2.40. The second-order valence-corrected chi connectivity index (χ2v) is 10.6. The fraction of sp³-hybridized carbons (Fsp3) is 0.345. The lowest BCUT2D eigenvalue weighted by Gasteiger charge is -2.31. The zero-order chi connectivity index (χ0) is 27.5. The molecule has 2 aliphatic rings. The molecule has 2 amide bonds. The Morgan fingerprint density at radius 1 is 1.26 bits per heavy atom. The number of anilines is 1. The van der Waals surface area contributed by atoms with Gasteiger partial charge in [0.05, 0.1) is 16.3 Å². The quantitative estimate of drug-likeness (QED) is 0.364. The SMILES string of the molecule is C#CCOc1cc(F)cc(F)c1C1CC(c2csc(C3CCN(C(=O)Nc4cc(C)ccc4C)CC3)n2)=NO1. The van der Waals surface area contributed by atoms with Gasteiger partial charge in [0.2, 0.25) is 0 Å². The summed E-state index contributed by atoms with van der Waals surface area (Å²) in [5, 5.41) is 10.1. The van der Waals surface area contributed by atoms with Gasteiger partial charge in [-0.2, -0.15) is 0 Å². The van der Waals surface area contributed by atoms with Crippen LogP contribution in [0, 0.1) is 37.8 Å². The predicted octanol–water partition coefficient (Wildman–Crippen LogP) is 6.33. The standard InChI is InChI=1S/C29H28F2N4O3S/c1-4-11-37-25-14-20(30)13-21(31)27(25)26-15-23(34-38-26)24-16-39-28(32-24)19-7-9-35(10-8-19)29(36)33-22-12-17(2)5-6-18(22)3/h1,5-6,12-14,16,19,26H,7-11,15H2,2-3H3,(H,33,36). The molecule has 202 valence electrons. The van der Waals surface area contributed by atoms with Crippen LogP contribution in [0.5, 0.6) is 5.75 Å². The second kappa shape index (κ2) is 11.4. The molecular weight excluding hydrogens is 522 g/mol. The maximum atomic E-state index is 14.7. The third-order valence-electron chi connectivity index (χ3n) is 6.94. The summed E-state index contributed by atoms with van der Waals surface area (Å²) in [5.41, 5.74) is 4.28. The normalized spacial score (nSPS) is 17.4. The van der Waals surface area contributed by atoms with Crippen molar-refractivity contribution in [1.82, 2.24) is 9.88 Å². The Balaban J connectivity index is 1.19. The van der Waals surface area contributed by atoms with E-state index in [0.29, 0.717) is 24.5 Å². The van der Waals surface area contributed by atoms with Crippen molar-refractivity contribution in [1.29, 1.82) is 0 Å². The van der Waals surface area contributed by atoms with Gasteiger partial charge < -0.3 is 19.8 Å². The molecule has 1 fully saturated rings. The van der Waals surface area contributed by atoms with Gasteiger partial charge in [-0.15, -0.1) is 17.8 Å². The van der Waals surface area contributed by atoms with Gasteiger partial charge in [0, 0.05) is 48.6 Å². The van der Waals surface area contributed by atoms with E-state index >= 15 is 0 Å². The van der Waals surface area contributed by atoms with Crippen molar-refractivity contribution in [3.05, 3.63) is 74.7 Å². The second-order valence-electron chi connectivity index (χ2n) is 9.71. The average Bonchev–Trinajstić information content (AvgIpc) is 3.60. The molecule has 0 aliphatic carbocycles. The summed E-state index contributed by atoms with van der Waals surface area (Å²) in [6.45, 7) is 5.11. The molecule has 7 nitrogen and oxygen atoms in total. The van der Waals surface area contributed by atoms with E-state index < -0.39 is 17.7 Å². The van der Waals surface area contributed by atoms with Crippen LogP contribution in [0.3, 0.4) is 0 Å². The molecule has 5 rings (SSSR count). The highest BCUT2D eigenvalue weighted by Crippen LogP contribution is 2.38. The molecule has 1 atom stereocenters. The summed E-state index contributed by atoms with van der Waals surface area (Å²) in [5.74, 6) is 0.976. The first-order chi connectivity index (χ1) is 18.8. The van der Waals surface area contributed by atoms with Gasteiger partial charge in [-0.3, -0.25) is 0 Å². The number of nitrogens with zero attached hydrogens (tertiary/aromatic N) is 3. The maximum absolute atomic E-state index is 14.7. The number of aryl methyl sites for hydroxylation is 2. The molecule has 3 heterocycles. The molecule has 2 aromatic carbocycles. The van der Waals surface area contributed by atoms with Crippen molar-refractivity contribution in [3.63, 3.8) is 0 Å². The van der Waals surface area contributed by atoms with Gasteiger partial charge in [-0.1, -0.05) is 23.2 Å². The molecule has 0 saturated carbocycles. The van der Waals surface area contributed by atoms with Crippen molar-refractivity contribution in [3.8, 4) is 18.1 Å². The lowest BCUT2D eigenvalue weighted by molar-refractivity contribution is 0.0803. The number of piperidine rings is 1. The van der Waals surface area contributed by atoms with Crippen LogP contribution in [0.25, 0.3) is 0 Å². The highest BCUT2D eigenvalue weighted by atomic mass is 32.1. The number of terminal acetylenes is 1. The zero-order valence-corrected chi connectivity index (χ0v) is 22.5. The van der Waals surface area contributed by atoms with Gasteiger partial charge in [0.25, 0.3) is 0 Å². The van der Waals surface area contributed by atoms with Crippen molar-refractivity contribution < 1.29 is 23.1 Å². The zero-order valence-electron chi connectivity index (χ0n) is 21.7. The monoisotopic (exact) mass is 550 g/mol. The lowest BCUT2D eigenvalue weighted by atomic mass is 9.97. The fourth-order valence-corrected chi connectivity index (χ4v) is 5.80. The summed E-state index contributed by atoms with van der Waals surface area (Å²) in [7, 11) is 0. The highest BCUT2D eigenvalue weighted by molar-refractivity contribution is 7.10. The topological polar surface area (TPSA) is 76.0 Å². The Labute approximate surface area is 229 Å². The van der Waals surface area contributed by atoms with E-state index in [0.717, 1.165) is 46.8 Å². The summed E-state index contributed by atoms with van der Waals surface area (Å²) in [6, 6.07) is 7.79. The first kappa shape index (κ1) is 26.6. The van der Waals surface area contributed by atoms with Crippen LogP contribution in [-0.2, 0) is 4.84 Å². The van der Waals surface area contributed by atoms with E-state index in [2.05, 4.69) is 16.4 Å². The predicted molar refractivity (Wildman–Crippen MR) is 146 cm³/mol. The summed E-state index contributed by atoms with van der Waals surface area (Å²) in [4.78, 5) is 25.0. The summed E-state index contributed by atoms with van der Waals surface area (Å²) >= 11 is 1.54. The summed E-state index contributed by atoms with van der Waals surface area (Å²) < 4.78 is 33.8. The number of thiazole rings is 1. The number of benzene rings is 2. The van der Waals surface area contributed by atoms with Gasteiger partial charge in [0.15, 0.2) is 6.10 Å². The molecule has 39 heavy (non-hydrogen) atoms. The molecule has 1 unspecified atom stereocenters. The Hall–Kier alpha value is -3.97. The molecule has 2 aliphatic heterocycles. The molecule has 10 heteroatoms. The molecule has 0 radical (unpaired) electrons. The van der Waals surface area contributed by atoms with E-state index in [1.165, 1.54) is 11.3 Å². The van der Waals surface area contributed by atoms with Gasteiger partial charge >= 0.3 is 6.03 Å². The number of likely N-dealkylation sites (tertiary alicyclic amines) is 1. The number of hydrogen-bond donors (Lipinski definition) is 1. The minimum atomic E-state index is -0.782. The maximum Gasteiger partial charge on any atom is 0.321 e. The van der Waals surface area contributed by atoms with E-state index in [-0.39, 0.29) is 36.3 Å². The van der Waals surface area contributed by atoms with Crippen molar-refractivity contribution in [2.75, 3.05) is 25.0 Å².